The van der Waals surface area contributed by atoms with E-state index in [-0.39, 0.29) is 6.03 Å². The van der Waals surface area contributed by atoms with Crippen molar-refractivity contribution in [1.29, 1.82) is 0 Å². The fourth-order valence-electron chi connectivity index (χ4n) is 3.59. The summed E-state index contributed by atoms with van der Waals surface area (Å²) in [6, 6.07) is 18.2. The SMILES string of the molecule is COc1cc2ncnc(Nc3ccc4c(cnn4C(=O)Nc4ccccc4)c3)c2cc1OC. The number of amides is 1. The normalized spacial score (nSPS) is 10.8. The fraction of sp³-hybridized carbons (Fsp3) is 0.0833. The first-order chi connectivity index (χ1) is 16.2. The van der Waals surface area contributed by atoms with Crippen LogP contribution in [0.3, 0.4) is 0 Å². The molecular weight excluding hydrogens is 420 g/mol. The van der Waals surface area contributed by atoms with Crippen molar-refractivity contribution in [1.82, 2.24) is 19.7 Å². The molecule has 9 nitrogen and oxygen atoms in total. The molecule has 164 valence electrons. The predicted molar refractivity (Wildman–Crippen MR) is 127 cm³/mol. The van der Waals surface area contributed by atoms with Gasteiger partial charge < -0.3 is 20.1 Å². The molecule has 1 amide bonds. The summed E-state index contributed by atoms with van der Waals surface area (Å²) in [7, 11) is 3.17. The van der Waals surface area contributed by atoms with Gasteiger partial charge in [0.2, 0.25) is 0 Å². The molecule has 2 N–H and O–H groups in total. The van der Waals surface area contributed by atoms with Gasteiger partial charge in [-0.05, 0) is 36.4 Å². The van der Waals surface area contributed by atoms with E-state index in [9.17, 15) is 4.79 Å². The third-order valence-corrected chi connectivity index (χ3v) is 5.19. The molecule has 3 aromatic carbocycles. The summed E-state index contributed by atoms with van der Waals surface area (Å²) in [4.78, 5) is 21.4. The highest BCUT2D eigenvalue weighted by Gasteiger charge is 2.13. The summed E-state index contributed by atoms with van der Waals surface area (Å²) in [5.41, 5.74) is 2.90. The molecule has 0 aliphatic carbocycles. The van der Waals surface area contributed by atoms with Crippen LogP contribution in [0.15, 0.2) is 73.2 Å². The molecule has 0 saturated carbocycles. The van der Waals surface area contributed by atoms with Gasteiger partial charge in [0, 0.05) is 28.2 Å². The monoisotopic (exact) mass is 440 g/mol. The van der Waals surface area contributed by atoms with Gasteiger partial charge in [-0.2, -0.15) is 9.78 Å². The second-order valence-electron chi connectivity index (χ2n) is 7.20. The number of nitrogens with zero attached hydrogens (tertiary/aromatic N) is 4. The number of ether oxygens (including phenoxy) is 2. The average molecular weight is 440 g/mol. The molecule has 2 heterocycles. The topological polar surface area (TPSA) is 103 Å². The number of hydrogen-bond donors (Lipinski definition) is 2. The lowest BCUT2D eigenvalue weighted by Crippen LogP contribution is -2.20. The Hall–Kier alpha value is -4.66. The zero-order valence-corrected chi connectivity index (χ0v) is 17.9. The number of rotatable bonds is 5. The zero-order valence-electron chi connectivity index (χ0n) is 17.9. The van der Waals surface area contributed by atoms with Crippen molar-refractivity contribution in [2.45, 2.75) is 0 Å². The van der Waals surface area contributed by atoms with Gasteiger partial charge in [-0.15, -0.1) is 0 Å². The van der Waals surface area contributed by atoms with Crippen LogP contribution in [0, 0.1) is 0 Å². The van der Waals surface area contributed by atoms with Crippen molar-refractivity contribution >= 4 is 45.0 Å². The van der Waals surface area contributed by atoms with E-state index in [2.05, 4.69) is 25.7 Å². The Morgan fingerprint density at radius 2 is 1.70 bits per heavy atom. The molecular formula is C24H20N6O3. The van der Waals surface area contributed by atoms with Crippen LogP contribution in [-0.4, -0.2) is 40.0 Å². The number of methoxy groups -OCH3 is 2. The molecule has 5 aromatic rings. The second kappa shape index (κ2) is 8.46. The third kappa shape index (κ3) is 3.87. The molecule has 0 atom stereocenters. The van der Waals surface area contributed by atoms with E-state index in [0.717, 1.165) is 22.0 Å². The van der Waals surface area contributed by atoms with Crippen molar-refractivity contribution in [2.24, 2.45) is 0 Å². The van der Waals surface area contributed by atoms with Crippen LogP contribution in [0.1, 0.15) is 0 Å². The number of carbonyl (C=O) groups is 1. The number of nitrogens with one attached hydrogen (secondary N) is 2. The van der Waals surface area contributed by atoms with Crippen molar-refractivity contribution in [2.75, 3.05) is 24.9 Å². The Balaban J connectivity index is 1.45. The highest BCUT2D eigenvalue weighted by atomic mass is 16.5. The maximum atomic E-state index is 12.7. The van der Waals surface area contributed by atoms with E-state index in [0.29, 0.717) is 28.5 Å². The molecule has 2 aromatic heterocycles. The fourth-order valence-corrected chi connectivity index (χ4v) is 3.59. The number of para-hydroxylation sites is 1. The first kappa shape index (κ1) is 20.3. The molecule has 0 aliphatic heterocycles. The van der Waals surface area contributed by atoms with E-state index in [1.807, 2.05) is 54.6 Å². The summed E-state index contributed by atoms with van der Waals surface area (Å²) < 4.78 is 12.1. The molecule has 0 spiro atoms. The Kier molecular flexibility index (Phi) is 5.19. The van der Waals surface area contributed by atoms with Gasteiger partial charge >= 0.3 is 6.03 Å². The molecule has 0 radical (unpaired) electrons. The first-order valence-electron chi connectivity index (χ1n) is 10.1. The van der Waals surface area contributed by atoms with Crippen LogP contribution in [0.25, 0.3) is 21.8 Å². The maximum absolute atomic E-state index is 12.7. The van der Waals surface area contributed by atoms with Gasteiger partial charge in [0.1, 0.15) is 12.1 Å². The van der Waals surface area contributed by atoms with Gasteiger partial charge in [0.15, 0.2) is 11.5 Å². The zero-order chi connectivity index (χ0) is 22.8. The maximum Gasteiger partial charge on any atom is 0.347 e. The van der Waals surface area contributed by atoms with Crippen molar-refractivity contribution < 1.29 is 14.3 Å². The second-order valence-corrected chi connectivity index (χ2v) is 7.20. The van der Waals surface area contributed by atoms with Crippen molar-refractivity contribution in [3.63, 3.8) is 0 Å². The number of benzene rings is 3. The Labute approximate surface area is 189 Å². The standard InChI is InChI=1S/C24H20N6O3/c1-32-21-11-18-19(12-22(21)33-2)25-14-26-23(18)28-17-8-9-20-15(10-17)13-27-30(20)24(31)29-16-6-4-3-5-7-16/h3-14H,1-2H3,(H,29,31)(H,25,26,28). The highest BCUT2D eigenvalue weighted by Crippen LogP contribution is 2.34. The number of fused-ring (bicyclic) bond motifs is 2. The van der Waals surface area contributed by atoms with Crippen LogP contribution < -0.4 is 20.1 Å². The van der Waals surface area contributed by atoms with Crippen molar-refractivity contribution in [3.05, 3.63) is 73.2 Å². The van der Waals surface area contributed by atoms with E-state index in [1.165, 1.54) is 11.0 Å². The lowest BCUT2D eigenvalue weighted by Gasteiger charge is -2.12. The minimum Gasteiger partial charge on any atom is -0.493 e. The molecule has 0 fully saturated rings. The van der Waals surface area contributed by atoms with Crippen LogP contribution >= 0.6 is 0 Å². The molecule has 0 unspecified atom stereocenters. The predicted octanol–water partition coefficient (Wildman–Crippen LogP) is 4.82. The first-order valence-corrected chi connectivity index (χ1v) is 10.1. The van der Waals surface area contributed by atoms with E-state index in [1.54, 1.807) is 26.5 Å². The quantitative estimate of drug-likeness (QED) is 0.404. The Morgan fingerprint density at radius 3 is 2.48 bits per heavy atom. The number of hydrogen-bond acceptors (Lipinski definition) is 7. The van der Waals surface area contributed by atoms with Crippen LogP contribution in [0.4, 0.5) is 22.0 Å². The van der Waals surface area contributed by atoms with Gasteiger partial charge in [0.25, 0.3) is 0 Å². The summed E-state index contributed by atoms with van der Waals surface area (Å²) in [5.74, 6) is 1.80. The minimum absolute atomic E-state index is 0.334. The number of carbonyl (C=O) groups excluding carboxylic acids is 1. The Morgan fingerprint density at radius 1 is 0.909 bits per heavy atom. The lowest BCUT2D eigenvalue weighted by atomic mass is 10.2. The minimum atomic E-state index is -0.334. The number of anilines is 3. The molecule has 33 heavy (non-hydrogen) atoms. The van der Waals surface area contributed by atoms with Crippen LogP contribution in [0.2, 0.25) is 0 Å². The molecule has 0 aliphatic rings. The summed E-state index contributed by atoms with van der Waals surface area (Å²) in [6.07, 6.45) is 3.14. The van der Waals surface area contributed by atoms with E-state index < -0.39 is 0 Å². The van der Waals surface area contributed by atoms with E-state index >= 15 is 0 Å². The molecule has 0 bridgehead atoms. The molecule has 9 heteroatoms. The molecule has 5 rings (SSSR count). The molecule has 0 saturated heterocycles. The Bertz CT molecular complexity index is 1470. The summed E-state index contributed by atoms with van der Waals surface area (Å²) in [6.45, 7) is 0. The third-order valence-electron chi connectivity index (χ3n) is 5.19. The van der Waals surface area contributed by atoms with Crippen molar-refractivity contribution in [3.8, 4) is 11.5 Å². The van der Waals surface area contributed by atoms with Crippen LogP contribution in [-0.2, 0) is 0 Å². The van der Waals surface area contributed by atoms with Gasteiger partial charge in [-0.1, -0.05) is 18.2 Å². The summed E-state index contributed by atoms with van der Waals surface area (Å²) in [5, 5.41) is 12.0. The highest BCUT2D eigenvalue weighted by molar-refractivity contribution is 5.98. The largest absolute Gasteiger partial charge is 0.493 e. The van der Waals surface area contributed by atoms with E-state index in [4.69, 9.17) is 9.47 Å². The van der Waals surface area contributed by atoms with Gasteiger partial charge in [-0.25, -0.2) is 14.8 Å². The van der Waals surface area contributed by atoms with Gasteiger partial charge in [-0.3, -0.25) is 0 Å². The van der Waals surface area contributed by atoms with Gasteiger partial charge in [0.05, 0.1) is 31.4 Å². The average Bonchev–Trinajstić information content (AvgIpc) is 3.27. The van der Waals surface area contributed by atoms with Crippen LogP contribution in [0.5, 0.6) is 11.5 Å². The number of aromatic nitrogens is 4. The lowest BCUT2D eigenvalue weighted by molar-refractivity contribution is 0.252. The summed E-state index contributed by atoms with van der Waals surface area (Å²) >= 11 is 0. The smallest absolute Gasteiger partial charge is 0.347 e.